The first-order valence-electron chi connectivity index (χ1n) is 11.4. The smallest absolute Gasteiger partial charge is 0.228 e. The summed E-state index contributed by atoms with van der Waals surface area (Å²) in [6.07, 6.45) is 9.60. The average Bonchev–Trinajstić information content (AvgIpc) is 3.59. The minimum atomic E-state index is 0.182. The topological polar surface area (TPSA) is 58.2 Å². The van der Waals surface area contributed by atoms with Crippen LogP contribution in [0.25, 0.3) is 11.1 Å². The Morgan fingerprint density at radius 2 is 1.00 bits per heavy atom. The van der Waals surface area contributed by atoms with E-state index in [9.17, 15) is 9.59 Å². The Morgan fingerprint density at radius 1 is 0.633 bits per heavy atom. The first kappa shape index (κ1) is 18.2. The van der Waals surface area contributed by atoms with Crippen molar-refractivity contribution in [3.05, 3.63) is 48.5 Å². The van der Waals surface area contributed by atoms with Gasteiger partial charge in [-0.2, -0.15) is 0 Å². The quantitative estimate of drug-likeness (QED) is 0.685. The van der Waals surface area contributed by atoms with Crippen LogP contribution in [-0.4, -0.2) is 11.8 Å². The van der Waals surface area contributed by atoms with Crippen LogP contribution < -0.4 is 10.6 Å². The molecule has 0 saturated heterocycles. The second-order valence-corrected chi connectivity index (χ2v) is 10.1. The van der Waals surface area contributed by atoms with Crippen LogP contribution in [0.2, 0.25) is 0 Å². The molecule has 4 heteroatoms. The maximum absolute atomic E-state index is 12.4. The number of rotatable bonds is 5. The highest BCUT2D eigenvalue weighted by Crippen LogP contribution is 2.66. The number of nitrogens with one attached hydrogen (secondary N) is 2. The third kappa shape index (κ3) is 2.96. The van der Waals surface area contributed by atoms with E-state index >= 15 is 0 Å². The zero-order valence-electron chi connectivity index (χ0n) is 17.2. The molecule has 2 aromatic carbocycles. The lowest BCUT2D eigenvalue weighted by atomic mass is 9.79. The Kier molecular flexibility index (Phi) is 3.90. The fourth-order valence-electron chi connectivity index (χ4n) is 5.75. The van der Waals surface area contributed by atoms with E-state index in [2.05, 4.69) is 10.6 Å². The van der Waals surface area contributed by atoms with Crippen LogP contribution in [0.4, 0.5) is 11.4 Å². The summed E-state index contributed by atoms with van der Waals surface area (Å²) in [7, 11) is 0. The molecule has 0 radical (unpaired) electrons. The average molecular weight is 401 g/mol. The van der Waals surface area contributed by atoms with Crippen molar-refractivity contribution in [3.63, 3.8) is 0 Å². The number of amides is 2. The zero-order valence-corrected chi connectivity index (χ0v) is 17.2. The van der Waals surface area contributed by atoms with E-state index in [-0.39, 0.29) is 23.7 Å². The number of hydrogen-bond acceptors (Lipinski definition) is 2. The zero-order chi connectivity index (χ0) is 20.3. The highest BCUT2D eigenvalue weighted by atomic mass is 16.2. The van der Waals surface area contributed by atoms with Crippen LogP contribution in [0, 0.1) is 22.7 Å². The molecular formula is C26H28N2O2. The molecule has 154 valence electrons. The van der Waals surface area contributed by atoms with E-state index in [0.717, 1.165) is 35.3 Å². The van der Waals surface area contributed by atoms with Crippen LogP contribution in [0.5, 0.6) is 0 Å². The molecule has 6 rings (SSSR count). The van der Waals surface area contributed by atoms with Crippen molar-refractivity contribution in [2.24, 2.45) is 22.7 Å². The van der Waals surface area contributed by atoms with Crippen molar-refractivity contribution < 1.29 is 9.59 Å². The lowest BCUT2D eigenvalue weighted by Gasteiger charge is -2.26. The third-order valence-corrected chi connectivity index (χ3v) is 8.35. The highest BCUT2D eigenvalue weighted by Gasteiger charge is 2.61. The molecule has 2 atom stereocenters. The van der Waals surface area contributed by atoms with Gasteiger partial charge in [0.15, 0.2) is 0 Å². The third-order valence-electron chi connectivity index (χ3n) is 8.35. The number of carbonyl (C=O) groups is 2. The van der Waals surface area contributed by atoms with Crippen LogP contribution in [0.15, 0.2) is 48.5 Å². The summed E-state index contributed by atoms with van der Waals surface area (Å²) in [5.41, 5.74) is 4.65. The first-order chi connectivity index (χ1) is 14.6. The maximum atomic E-state index is 12.4. The fraction of sp³-hybridized carbons (Fsp3) is 0.462. The van der Waals surface area contributed by atoms with E-state index < -0.39 is 0 Å². The Bertz CT molecular complexity index is 917. The summed E-state index contributed by atoms with van der Waals surface area (Å²) < 4.78 is 0. The Balaban J connectivity index is 1.06. The molecule has 0 aliphatic heterocycles. The molecular weight excluding hydrogens is 372 g/mol. The van der Waals surface area contributed by atoms with Crippen molar-refractivity contribution in [2.45, 2.75) is 51.4 Å². The maximum Gasteiger partial charge on any atom is 0.228 e. The lowest BCUT2D eigenvalue weighted by Crippen LogP contribution is -2.23. The number of carbonyl (C=O) groups excluding carboxylic acids is 2. The monoisotopic (exact) mass is 400 g/mol. The molecule has 30 heavy (non-hydrogen) atoms. The van der Waals surface area contributed by atoms with Gasteiger partial charge >= 0.3 is 0 Å². The van der Waals surface area contributed by atoms with Crippen molar-refractivity contribution >= 4 is 23.2 Å². The van der Waals surface area contributed by atoms with Gasteiger partial charge in [-0.05, 0) is 84.7 Å². The van der Waals surface area contributed by atoms with Gasteiger partial charge in [-0.1, -0.05) is 37.1 Å². The summed E-state index contributed by atoms with van der Waals surface area (Å²) in [5.74, 6) is 0.816. The normalized spacial score (nSPS) is 26.4. The predicted octanol–water partition coefficient (Wildman–Crippen LogP) is 5.61. The van der Waals surface area contributed by atoms with Gasteiger partial charge in [-0.25, -0.2) is 0 Å². The number of anilines is 2. The molecule has 2 unspecified atom stereocenters. The molecule has 2 aromatic rings. The summed E-state index contributed by atoms with van der Waals surface area (Å²) >= 11 is 0. The molecule has 2 spiro atoms. The van der Waals surface area contributed by atoms with Gasteiger partial charge < -0.3 is 10.6 Å². The second kappa shape index (κ2) is 6.44. The molecule has 4 aliphatic carbocycles. The summed E-state index contributed by atoms with van der Waals surface area (Å²) in [4.78, 5) is 24.9. The van der Waals surface area contributed by atoms with Gasteiger partial charge in [0, 0.05) is 23.2 Å². The van der Waals surface area contributed by atoms with E-state index in [1.165, 1.54) is 38.5 Å². The van der Waals surface area contributed by atoms with Crippen LogP contribution in [0.1, 0.15) is 51.4 Å². The summed E-state index contributed by atoms with van der Waals surface area (Å²) in [6, 6.07) is 16.1. The number of benzene rings is 2. The molecule has 4 nitrogen and oxygen atoms in total. The van der Waals surface area contributed by atoms with E-state index in [1.54, 1.807) is 0 Å². The highest BCUT2D eigenvalue weighted by molar-refractivity contribution is 5.96. The van der Waals surface area contributed by atoms with Gasteiger partial charge in [-0.3, -0.25) is 9.59 Å². The van der Waals surface area contributed by atoms with Crippen molar-refractivity contribution in [3.8, 4) is 11.1 Å². The van der Waals surface area contributed by atoms with Gasteiger partial charge in [0.1, 0.15) is 0 Å². The largest absolute Gasteiger partial charge is 0.326 e. The van der Waals surface area contributed by atoms with Gasteiger partial charge in [0.2, 0.25) is 11.8 Å². The lowest BCUT2D eigenvalue weighted by molar-refractivity contribution is -0.119. The van der Waals surface area contributed by atoms with Gasteiger partial charge in [0.25, 0.3) is 0 Å². The van der Waals surface area contributed by atoms with Crippen molar-refractivity contribution in [2.75, 3.05) is 10.6 Å². The summed E-state index contributed by atoms with van der Waals surface area (Å²) in [6.45, 7) is 0. The molecule has 2 N–H and O–H groups in total. The predicted molar refractivity (Wildman–Crippen MR) is 118 cm³/mol. The molecule has 4 aliphatic rings. The van der Waals surface area contributed by atoms with E-state index in [1.807, 2.05) is 48.5 Å². The molecule has 0 bridgehead atoms. The SMILES string of the molecule is O=C(Nc1ccc(-c2ccc(NC(=O)C3CC34CCC4)cc2)cc1)C1CC12CCC2. The Labute approximate surface area is 177 Å². The fourth-order valence-corrected chi connectivity index (χ4v) is 5.75. The molecule has 0 aromatic heterocycles. The van der Waals surface area contributed by atoms with Crippen molar-refractivity contribution in [1.82, 2.24) is 0 Å². The van der Waals surface area contributed by atoms with E-state index in [0.29, 0.717) is 10.8 Å². The Morgan fingerprint density at radius 3 is 1.27 bits per heavy atom. The molecule has 2 amide bonds. The van der Waals surface area contributed by atoms with E-state index in [4.69, 9.17) is 0 Å². The van der Waals surface area contributed by atoms with Gasteiger partial charge in [0.05, 0.1) is 0 Å². The Hall–Kier alpha value is -2.62. The van der Waals surface area contributed by atoms with Crippen LogP contribution in [0.3, 0.4) is 0 Å². The van der Waals surface area contributed by atoms with Crippen molar-refractivity contribution in [1.29, 1.82) is 0 Å². The number of hydrogen-bond donors (Lipinski definition) is 2. The molecule has 4 fully saturated rings. The van der Waals surface area contributed by atoms with Crippen LogP contribution >= 0.6 is 0 Å². The van der Waals surface area contributed by atoms with Gasteiger partial charge in [-0.15, -0.1) is 0 Å². The summed E-state index contributed by atoms with van der Waals surface area (Å²) in [5, 5.41) is 6.17. The first-order valence-corrected chi connectivity index (χ1v) is 11.4. The second-order valence-electron chi connectivity index (χ2n) is 10.1. The molecule has 4 saturated carbocycles. The van der Waals surface area contributed by atoms with Crippen LogP contribution in [-0.2, 0) is 9.59 Å². The minimum absolute atomic E-state index is 0.182. The molecule has 0 heterocycles. The minimum Gasteiger partial charge on any atom is -0.326 e. The standard InChI is InChI=1S/C26H28N2O2/c29-23(21-15-25(21)11-1-12-25)27-19-7-3-17(4-8-19)18-5-9-20(10-6-18)28-24(30)22-16-26(22)13-2-14-26/h3-10,21-22H,1-2,11-16H2,(H,27,29)(H,28,30).